The van der Waals surface area contributed by atoms with E-state index in [1.54, 1.807) is 23.7 Å². The highest BCUT2D eigenvalue weighted by atomic mass is 19.1. The van der Waals surface area contributed by atoms with Crippen molar-refractivity contribution >= 4 is 11.9 Å². The monoisotopic (exact) mass is 350 g/mol. The van der Waals surface area contributed by atoms with Crippen molar-refractivity contribution < 1.29 is 13.9 Å². The number of hydrogen-bond acceptors (Lipinski definition) is 3. The molecule has 0 atom stereocenters. The summed E-state index contributed by atoms with van der Waals surface area (Å²) in [5, 5.41) is 4.48. The fraction of sp³-hybridized carbons (Fsp3) is 0.143. The lowest BCUT2D eigenvalue weighted by atomic mass is 10.1. The van der Waals surface area contributed by atoms with Crippen molar-refractivity contribution in [2.24, 2.45) is 0 Å². The van der Waals surface area contributed by atoms with Crippen LogP contribution in [-0.4, -0.2) is 22.7 Å². The minimum absolute atomic E-state index is 0.168. The third-order valence-electron chi connectivity index (χ3n) is 4.14. The van der Waals surface area contributed by atoms with Crippen LogP contribution in [0.4, 0.5) is 4.39 Å². The van der Waals surface area contributed by atoms with E-state index in [9.17, 15) is 9.18 Å². The molecule has 0 bridgehead atoms. The van der Waals surface area contributed by atoms with Crippen LogP contribution in [0.5, 0.6) is 5.75 Å². The topological polar surface area (TPSA) is 44.1 Å². The largest absolute Gasteiger partial charge is 0.494 e. The Balaban J connectivity index is 1.89. The van der Waals surface area contributed by atoms with E-state index in [4.69, 9.17) is 4.74 Å². The summed E-state index contributed by atoms with van der Waals surface area (Å²) in [5.41, 5.74) is 3.46. The number of aromatic nitrogens is 2. The zero-order chi connectivity index (χ0) is 18.7. The molecule has 2 aromatic carbocycles. The van der Waals surface area contributed by atoms with E-state index in [2.05, 4.69) is 5.10 Å². The van der Waals surface area contributed by atoms with Gasteiger partial charge in [0.1, 0.15) is 0 Å². The fourth-order valence-corrected chi connectivity index (χ4v) is 2.86. The van der Waals surface area contributed by atoms with Crippen molar-refractivity contribution in [2.45, 2.75) is 13.8 Å². The molecule has 0 saturated carbocycles. The zero-order valence-electron chi connectivity index (χ0n) is 14.9. The molecule has 26 heavy (non-hydrogen) atoms. The summed E-state index contributed by atoms with van der Waals surface area (Å²) in [6.07, 6.45) is 3.02. The van der Waals surface area contributed by atoms with E-state index < -0.39 is 5.82 Å². The molecule has 4 nitrogen and oxygen atoms in total. The van der Waals surface area contributed by atoms with E-state index in [-0.39, 0.29) is 11.5 Å². The fourth-order valence-electron chi connectivity index (χ4n) is 2.86. The predicted octanol–water partition coefficient (Wildman–Crippen LogP) is 4.53. The van der Waals surface area contributed by atoms with Gasteiger partial charge in [-0.15, -0.1) is 0 Å². The minimum Gasteiger partial charge on any atom is -0.494 e. The Bertz CT molecular complexity index is 975. The summed E-state index contributed by atoms with van der Waals surface area (Å²) < 4.78 is 20.4. The molecular formula is C21H19FN2O2. The molecule has 0 aliphatic heterocycles. The lowest BCUT2D eigenvalue weighted by molar-refractivity contribution is 0.104. The van der Waals surface area contributed by atoms with Gasteiger partial charge in [-0.1, -0.05) is 30.3 Å². The first-order valence-electron chi connectivity index (χ1n) is 8.19. The van der Waals surface area contributed by atoms with Gasteiger partial charge in [-0.2, -0.15) is 5.10 Å². The number of ketones is 1. The predicted molar refractivity (Wildman–Crippen MR) is 99.4 cm³/mol. The molecular weight excluding hydrogens is 331 g/mol. The lowest BCUT2D eigenvalue weighted by Crippen LogP contribution is -2.01. The normalized spacial score (nSPS) is 11.1. The molecule has 132 valence electrons. The van der Waals surface area contributed by atoms with Gasteiger partial charge in [-0.3, -0.25) is 4.79 Å². The van der Waals surface area contributed by atoms with E-state index in [1.165, 1.54) is 25.3 Å². The van der Waals surface area contributed by atoms with Crippen molar-refractivity contribution in [2.75, 3.05) is 7.11 Å². The van der Waals surface area contributed by atoms with Crippen molar-refractivity contribution in [1.29, 1.82) is 0 Å². The standard InChI is InChI=1S/C21H19FN2O2/c1-14-21(15(2)24(23-14)17-7-5-4-6-8-17)19(25)11-9-16-10-12-20(26-3)18(22)13-16/h4-13H,1-3H3/b11-9+. The third-order valence-corrected chi connectivity index (χ3v) is 4.14. The Morgan fingerprint density at radius 3 is 2.54 bits per heavy atom. The molecule has 0 aliphatic rings. The second-order valence-electron chi connectivity index (χ2n) is 5.88. The zero-order valence-corrected chi connectivity index (χ0v) is 14.9. The molecule has 0 radical (unpaired) electrons. The van der Waals surface area contributed by atoms with Crippen molar-refractivity contribution in [3.8, 4) is 11.4 Å². The van der Waals surface area contributed by atoms with Crippen molar-refractivity contribution in [3.63, 3.8) is 0 Å². The van der Waals surface area contributed by atoms with Gasteiger partial charge in [0.15, 0.2) is 17.3 Å². The maximum absolute atomic E-state index is 13.8. The number of aryl methyl sites for hydroxylation is 1. The summed E-state index contributed by atoms with van der Waals surface area (Å²) in [5.74, 6) is -0.464. The summed E-state index contributed by atoms with van der Waals surface area (Å²) in [6, 6.07) is 14.2. The highest BCUT2D eigenvalue weighted by molar-refractivity contribution is 6.08. The molecule has 0 spiro atoms. The van der Waals surface area contributed by atoms with Gasteiger partial charge in [0.2, 0.25) is 0 Å². The van der Waals surface area contributed by atoms with Gasteiger partial charge in [0.05, 0.1) is 29.7 Å². The SMILES string of the molecule is COc1ccc(/C=C/C(=O)c2c(C)nn(-c3ccccc3)c2C)cc1F. The van der Waals surface area contributed by atoms with Crippen LogP contribution in [0, 0.1) is 19.7 Å². The number of benzene rings is 2. The number of carbonyl (C=O) groups is 1. The lowest BCUT2D eigenvalue weighted by Gasteiger charge is -2.04. The van der Waals surface area contributed by atoms with Crippen LogP contribution in [0.25, 0.3) is 11.8 Å². The van der Waals surface area contributed by atoms with Crippen LogP contribution >= 0.6 is 0 Å². The van der Waals surface area contributed by atoms with Crippen molar-refractivity contribution in [1.82, 2.24) is 9.78 Å². The van der Waals surface area contributed by atoms with Crippen LogP contribution in [0.3, 0.4) is 0 Å². The number of hydrogen-bond donors (Lipinski definition) is 0. The first kappa shape index (κ1) is 17.6. The Kier molecular flexibility index (Phi) is 4.98. The number of ether oxygens (including phenoxy) is 1. The Morgan fingerprint density at radius 2 is 1.88 bits per heavy atom. The number of methoxy groups -OCH3 is 1. The van der Waals surface area contributed by atoms with E-state index in [0.29, 0.717) is 16.8 Å². The smallest absolute Gasteiger partial charge is 0.189 e. The molecule has 3 rings (SSSR count). The van der Waals surface area contributed by atoms with Crippen LogP contribution in [0.2, 0.25) is 0 Å². The Labute approximate surface area is 151 Å². The molecule has 0 saturated heterocycles. The van der Waals surface area contributed by atoms with E-state index >= 15 is 0 Å². The summed E-state index contributed by atoms with van der Waals surface area (Å²) in [6.45, 7) is 3.67. The maximum atomic E-state index is 13.8. The average Bonchev–Trinajstić information content (AvgIpc) is 2.95. The number of para-hydroxylation sites is 1. The number of allylic oxidation sites excluding steroid dienone is 1. The number of nitrogens with zero attached hydrogens (tertiary/aromatic N) is 2. The first-order valence-corrected chi connectivity index (χ1v) is 8.19. The Hall–Kier alpha value is -3.21. The van der Waals surface area contributed by atoms with Gasteiger partial charge in [-0.05, 0) is 49.8 Å². The van der Waals surface area contributed by atoms with Gasteiger partial charge in [0, 0.05) is 0 Å². The highest BCUT2D eigenvalue weighted by Crippen LogP contribution is 2.21. The van der Waals surface area contributed by atoms with Crippen LogP contribution in [0.1, 0.15) is 27.3 Å². The number of halogens is 1. The second-order valence-corrected chi connectivity index (χ2v) is 5.88. The molecule has 3 aromatic rings. The quantitative estimate of drug-likeness (QED) is 0.501. The maximum Gasteiger partial charge on any atom is 0.189 e. The summed E-state index contributed by atoms with van der Waals surface area (Å²) in [7, 11) is 1.41. The van der Waals surface area contributed by atoms with Crippen molar-refractivity contribution in [3.05, 3.63) is 82.9 Å². The first-order chi connectivity index (χ1) is 12.5. The average molecular weight is 350 g/mol. The van der Waals surface area contributed by atoms with Gasteiger partial charge in [-0.25, -0.2) is 9.07 Å². The molecule has 0 aliphatic carbocycles. The second kappa shape index (κ2) is 7.35. The van der Waals surface area contributed by atoms with E-state index in [1.807, 2.05) is 37.3 Å². The molecule has 0 amide bonds. The van der Waals surface area contributed by atoms with Gasteiger partial charge >= 0.3 is 0 Å². The summed E-state index contributed by atoms with van der Waals surface area (Å²) in [4.78, 5) is 12.7. The molecule has 1 aromatic heterocycles. The van der Waals surface area contributed by atoms with E-state index in [0.717, 1.165) is 11.4 Å². The highest BCUT2D eigenvalue weighted by Gasteiger charge is 2.17. The molecule has 0 unspecified atom stereocenters. The number of carbonyl (C=O) groups excluding carboxylic acids is 1. The number of rotatable bonds is 5. The van der Waals surface area contributed by atoms with Crippen LogP contribution < -0.4 is 4.74 Å². The van der Waals surface area contributed by atoms with Gasteiger partial charge in [0.25, 0.3) is 0 Å². The van der Waals surface area contributed by atoms with Gasteiger partial charge < -0.3 is 4.74 Å². The molecule has 0 N–H and O–H groups in total. The minimum atomic E-state index is -0.466. The Morgan fingerprint density at radius 1 is 1.15 bits per heavy atom. The molecule has 5 heteroatoms. The molecule has 0 fully saturated rings. The van der Waals surface area contributed by atoms with Crippen LogP contribution in [0.15, 0.2) is 54.6 Å². The molecule has 1 heterocycles. The summed E-state index contributed by atoms with van der Waals surface area (Å²) >= 11 is 0. The third kappa shape index (κ3) is 3.42. The van der Waals surface area contributed by atoms with Crippen LogP contribution in [-0.2, 0) is 0 Å².